The number of nitro groups is 1. The van der Waals surface area contributed by atoms with Gasteiger partial charge in [0, 0.05) is 21.6 Å². The number of nitrogens with one attached hydrogen (secondary N) is 2. The number of thiocarbonyl (C=S) groups is 1. The van der Waals surface area contributed by atoms with Crippen LogP contribution < -0.4 is 10.6 Å². The van der Waals surface area contributed by atoms with E-state index in [0.29, 0.717) is 15.5 Å². The molecule has 0 saturated carbocycles. The molecule has 0 atom stereocenters. The van der Waals surface area contributed by atoms with Crippen LogP contribution in [0.15, 0.2) is 21.1 Å². The zero-order valence-corrected chi connectivity index (χ0v) is 15.1. The van der Waals surface area contributed by atoms with Gasteiger partial charge in [-0.25, -0.2) is 0 Å². The van der Waals surface area contributed by atoms with Crippen LogP contribution in [0.3, 0.4) is 0 Å². The Labute approximate surface area is 144 Å². The van der Waals surface area contributed by atoms with Crippen molar-refractivity contribution >= 4 is 66.3 Å². The minimum absolute atomic E-state index is 0.00701. The fourth-order valence-electron chi connectivity index (χ4n) is 1.46. The molecule has 6 nitrogen and oxygen atoms in total. The number of anilines is 1. The minimum Gasteiger partial charge on any atom is -0.372 e. The van der Waals surface area contributed by atoms with Crippen LogP contribution in [0.5, 0.6) is 0 Å². The summed E-state index contributed by atoms with van der Waals surface area (Å²) in [6.45, 7) is 2.61. The van der Waals surface area contributed by atoms with Crippen LogP contribution in [-0.4, -0.2) is 22.4 Å². The summed E-state index contributed by atoms with van der Waals surface area (Å²) in [7, 11) is 0. The molecule has 0 aliphatic rings. The third-order valence-corrected chi connectivity index (χ3v) is 3.90. The zero-order valence-electron chi connectivity index (χ0n) is 11.1. The molecular formula is C12H13Br2N3O3S. The lowest BCUT2D eigenvalue weighted by Gasteiger charge is -2.10. The molecule has 0 aromatic heterocycles. The van der Waals surface area contributed by atoms with Crippen molar-refractivity contribution in [3.05, 3.63) is 31.2 Å². The maximum Gasteiger partial charge on any atom is 0.295 e. The number of unbranched alkanes of at least 4 members (excludes halogenated alkanes) is 1. The van der Waals surface area contributed by atoms with Crippen LogP contribution in [-0.2, 0) is 4.79 Å². The molecule has 0 radical (unpaired) electrons. The topological polar surface area (TPSA) is 84.3 Å². The molecule has 0 bridgehead atoms. The molecule has 0 aliphatic carbocycles. The average molecular weight is 439 g/mol. The molecule has 21 heavy (non-hydrogen) atoms. The SMILES string of the molecule is CCCCNC(=S)C(=O)Nc1c(Br)cc(Br)cc1[N+](=O)[O-]. The molecule has 9 heteroatoms. The molecule has 0 fully saturated rings. The van der Waals surface area contributed by atoms with Gasteiger partial charge in [0.25, 0.3) is 11.6 Å². The van der Waals surface area contributed by atoms with Gasteiger partial charge in [-0.3, -0.25) is 14.9 Å². The van der Waals surface area contributed by atoms with Gasteiger partial charge in [0.2, 0.25) is 0 Å². The summed E-state index contributed by atoms with van der Waals surface area (Å²) in [6, 6.07) is 2.92. The maximum absolute atomic E-state index is 11.9. The molecular weight excluding hydrogens is 426 g/mol. The van der Waals surface area contributed by atoms with Gasteiger partial charge < -0.3 is 10.6 Å². The summed E-state index contributed by atoms with van der Waals surface area (Å²) in [5, 5.41) is 16.3. The predicted octanol–water partition coefficient (Wildman–Crippen LogP) is 3.78. The summed E-state index contributed by atoms with van der Waals surface area (Å²) < 4.78 is 0.927. The van der Waals surface area contributed by atoms with Crippen LogP contribution in [0.4, 0.5) is 11.4 Å². The highest BCUT2D eigenvalue weighted by Crippen LogP contribution is 2.35. The molecule has 1 rings (SSSR count). The van der Waals surface area contributed by atoms with Crippen LogP contribution in [0, 0.1) is 10.1 Å². The molecule has 0 spiro atoms. The molecule has 1 aromatic carbocycles. The van der Waals surface area contributed by atoms with Crippen molar-refractivity contribution in [1.29, 1.82) is 0 Å². The molecule has 0 aliphatic heterocycles. The zero-order chi connectivity index (χ0) is 16.0. The Bertz CT molecular complexity index is 581. The van der Waals surface area contributed by atoms with Gasteiger partial charge in [-0.1, -0.05) is 41.5 Å². The first-order valence-electron chi connectivity index (χ1n) is 6.09. The lowest BCUT2D eigenvalue weighted by Crippen LogP contribution is -2.34. The van der Waals surface area contributed by atoms with Crippen molar-refractivity contribution in [3.63, 3.8) is 0 Å². The standard InChI is InChI=1S/C12H13Br2N3O3S/c1-2-3-4-15-12(21)11(18)16-10-8(14)5-7(13)6-9(10)17(19)20/h5-6H,2-4H2,1H3,(H,15,21)(H,16,18). The van der Waals surface area contributed by atoms with E-state index in [1.807, 2.05) is 6.92 Å². The van der Waals surface area contributed by atoms with Crippen LogP contribution in [0.25, 0.3) is 0 Å². The summed E-state index contributed by atoms with van der Waals surface area (Å²) in [5.41, 5.74) is -0.145. The van der Waals surface area contributed by atoms with Crippen molar-refractivity contribution in [3.8, 4) is 0 Å². The smallest absolute Gasteiger partial charge is 0.295 e. The summed E-state index contributed by atoms with van der Waals surface area (Å²) in [5.74, 6) is -0.577. The summed E-state index contributed by atoms with van der Waals surface area (Å²) in [6.07, 6.45) is 1.86. The predicted molar refractivity (Wildman–Crippen MR) is 92.6 cm³/mol. The van der Waals surface area contributed by atoms with Crippen LogP contribution >= 0.6 is 44.1 Å². The Morgan fingerprint density at radius 2 is 2.10 bits per heavy atom. The third kappa shape index (κ3) is 5.33. The molecule has 2 N–H and O–H groups in total. The van der Waals surface area contributed by atoms with E-state index >= 15 is 0 Å². The minimum atomic E-state index is -0.577. The van der Waals surface area contributed by atoms with Gasteiger partial charge in [0.1, 0.15) is 5.69 Å². The Balaban J connectivity index is 2.89. The highest BCUT2D eigenvalue weighted by Gasteiger charge is 2.21. The quantitative estimate of drug-likeness (QED) is 0.316. The highest BCUT2D eigenvalue weighted by molar-refractivity contribution is 9.11. The fraction of sp³-hybridized carbons (Fsp3) is 0.333. The number of hydrogen-bond donors (Lipinski definition) is 2. The average Bonchev–Trinajstić information content (AvgIpc) is 2.41. The number of carbonyl (C=O) groups is 1. The van der Waals surface area contributed by atoms with E-state index in [-0.39, 0.29) is 16.4 Å². The van der Waals surface area contributed by atoms with E-state index in [4.69, 9.17) is 12.2 Å². The second kappa shape index (κ2) is 8.40. The summed E-state index contributed by atoms with van der Waals surface area (Å²) >= 11 is 11.3. The van der Waals surface area contributed by atoms with Gasteiger partial charge in [-0.15, -0.1) is 0 Å². The van der Waals surface area contributed by atoms with Crippen LogP contribution in [0.2, 0.25) is 0 Å². The van der Waals surface area contributed by atoms with Crippen molar-refractivity contribution in [1.82, 2.24) is 5.32 Å². The number of nitrogens with zero attached hydrogens (tertiary/aromatic N) is 1. The van der Waals surface area contributed by atoms with Gasteiger partial charge in [-0.2, -0.15) is 0 Å². The Hall–Kier alpha value is -1.06. The second-order valence-corrected chi connectivity index (χ2v) is 6.28. The van der Waals surface area contributed by atoms with E-state index < -0.39 is 10.8 Å². The number of halogens is 2. The first kappa shape index (κ1) is 18.0. The maximum atomic E-state index is 11.9. The molecule has 0 saturated heterocycles. The number of nitro benzene ring substituents is 1. The van der Waals surface area contributed by atoms with Gasteiger partial charge >= 0.3 is 0 Å². The van der Waals surface area contributed by atoms with Gasteiger partial charge in [0.05, 0.1) is 4.92 Å². The second-order valence-electron chi connectivity index (χ2n) is 4.10. The Kier molecular flexibility index (Phi) is 7.20. The number of rotatable bonds is 5. The monoisotopic (exact) mass is 437 g/mol. The highest BCUT2D eigenvalue weighted by atomic mass is 79.9. The van der Waals surface area contributed by atoms with Crippen molar-refractivity contribution in [2.24, 2.45) is 0 Å². The number of hydrogen-bond acceptors (Lipinski definition) is 4. The lowest BCUT2D eigenvalue weighted by molar-refractivity contribution is -0.384. The third-order valence-electron chi connectivity index (χ3n) is 2.49. The van der Waals surface area contributed by atoms with E-state index in [1.165, 1.54) is 6.07 Å². The molecule has 1 amide bonds. The first-order valence-corrected chi connectivity index (χ1v) is 8.08. The Morgan fingerprint density at radius 1 is 1.43 bits per heavy atom. The lowest BCUT2D eigenvalue weighted by atomic mass is 10.2. The van der Waals surface area contributed by atoms with Gasteiger partial charge in [-0.05, 0) is 28.4 Å². The summed E-state index contributed by atoms with van der Waals surface area (Å²) in [4.78, 5) is 22.4. The van der Waals surface area contributed by atoms with Gasteiger partial charge in [0.15, 0.2) is 4.99 Å². The van der Waals surface area contributed by atoms with Crippen molar-refractivity contribution in [2.45, 2.75) is 19.8 Å². The number of benzene rings is 1. The first-order chi connectivity index (χ1) is 9.86. The largest absolute Gasteiger partial charge is 0.372 e. The van der Waals surface area contributed by atoms with E-state index in [2.05, 4.69) is 42.5 Å². The van der Waals surface area contributed by atoms with Crippen LogP contribution in [0.1, 0.15) is 19.8 Å². The van der Waals surface area contributed by atoms with Crippen molar-refractivity contribution in [2.75, 3.05) is 11.9 Å². The van der Waals surface area contributed by atoms with E-state index in [1.54, 1.807) is 6.07 Å². The van der Waals surface area contributed by atoms with Crippen molar-refractivity contribution < 1.29 is 9.72 Å². The normalized spacial score (nSPS) is 10.0. The Morgan fingerprint density at radius 3 is 2.67 bits per heavy atom. The molecule has 1 aromatic rings. The number of amides is 1. The molecule has 0 heterocycles. The van der Waals surface area contributed by atoms with E-state index in [0.717, 1.165) is 12.8 Å². The number of carbonyl (C=O) groups excluding carboxylic acids is 1. The molecule has 0 unspecified atom stereocenters. The fourth-order valence-corrected chi connectivity index (χ4v) is 2.91. The van der Waals surface area contributed by atoms with E-state index in [9.17, 15) is 14.9 Å². The molecule has 114 valence electrons.